The highest BCUT2D eigenvalue weighted by Crippen LogP contribution is 2.34. The first-order chi connectivity index (χ1) is 12.7. The van der Waals surface area contributed by atoms with Gasteiger partial charge in [-0.3, -0.25) is 9.59 Å². The van der Waals surface area contributed by atoms with Crippen molar-refractivity contribution < 1.29 is 9.59 Å². The van der Waals surface area contributed by atoms with Gasteiger partial charge in [0.15, 0.2) is 0 Å². The number of carbonyl (C=O) groups is 2. The Morgan fingerprint density at radius 2 is 1.50 bits per heavy atom. The van der Waals surface area contributed by atoms with Crippen molar-refractivity contribution in [3.63, 3.8) is 0 Å². The third-order valence-corrected chi connectivity index (χ3v) is 4.58. The molecule has 3 aromatic carbocycles. The predicted octanol–water partition coefficient (Wildman–Crippen LogP) is 4.42. The molecule has 2 N–H and O–H groups in total. The van der Waals surface area contributed by atoms with Crippen LogP contribution in [0.25, 0.3) is 11.1 Å². The zero-order valence-electron chi connectivity index (χ0n) is 14.1. The molecule has 0 spiro atoms. The van der Waals surface area contributed by atoms with Crippen LogP contribution in [0.2, 0.25) is 0 Å². The molecule has 4 rings (SSSR count). The maximum absolute atomic E-state index is 12.4. The summed E-state index contributed by atoms with van der Waals surface area (Å²) in [5.41, 5.74) is 4.62. The summed E-state index contributed by atoms with van der Waals surface area (Å²) in [4.78, 5) is 24.5. The molecule has 128 valence electrons. The van der Waals surface area contributed by atoms with Crippen LogP contribution < -0.4 is 10.6 Å². The van der Waals surface area contributed by atoms with Crippen molar-refractivity contribution in [1.82, 2.24) is 0 Å². The van der Waals surface area contributed by atoms with Crippen molar-refractivity contribution >= 4 is 23.2 Å². The molecule has 0 aromatic heterocycles. The molecule has 3 aromatic rings. The molecule has 0 saturated carbocycles. The molecule has 2 amide bonds. The molecule has 4 heteroatoms. The van der Waals surface area contributed by atoms with Gasteiger partial charge in [-0.25, -0.2) is 0 Å². The fourth-order valence-corrected chi connectivity index (χ4v) is 3.25. The van der Waals surface area contributed by atoms with Crippen LogP contribution in [0.3, 0.4) is 0 Å². The number of carbonyl (C=O) groups excluding carboxylic acids is 2. The van der Waals surface area contributed by atoms with E-state index in [9.17, 15) is 9.59 Å². The molecule has 0 unspecified atom stereocenters. The van der Waals surface area contributed by atoms with Gasteiger partial charge in [-0.1, -0.05) is 60.7 Å². The predicted molar refractivity (Wildman–Crippen MR) is 103 cm³/mol. The van der Waals surface area contributed by atoms with E-state index in [0.717, 1.165) is 28.1 Å². The summed E-state index contributed by atoms with van der Waals surface area (Å²) >= 11 is 0. The zero-order valence-corrected chi connectivity index (χ0v) is 14.1. The van der Waals surface area contributed by atoms with Crippen LogP contribution in [0.1, 0.15) is 17.9 Å². The summed E-state index contributed by atoms with van der Waals surface area (Å²) in [5.74, 6) is -0.732. The van der Waals surface area contributed by atoms with E-state index in [1.165, 1.54) is 0 Å². The van der Waals surface area contributed by atoms with Crippen LogP contribution in [0, 0.1) is 0 Å². The van der Waals surface area contributed by atoms with Gasteiger partial charge in [-0.05, 0) is 34.9 Å². The quantitative estimate of drug-likeness (QED) is 0.737. The van der Waals surface area contributed by atoms with E-state index in [1.54, 1.807) is 0 Å². The highest BCUT2D eigenvalue weighted by Gasteiger charge is 2.31. The lowest BCUT2D eigenvalue weighted by atomic mass is 9.97. The van der Waals surface area contributed by atoms with Crippen LogP contribution in [0.15, 0.2) is 78.9 Å². The Balaban J connectivity index is 1.43. The van der Waals surface area contributed by atoms with Crippen LogP contribution in [-0.2, 0) is 9.59 Å². The standard InChI is InChI=1S/C22H18N2O2/c25-21(14-19-18-8-4-5-9-20(18)24-22(19)26)23-17-12-10-16(11-13-17)15-6-2-1-3-7-15/h1-13,19H,14H2,(H,23,25)(H,24,26)/t19-/m0/s1. The van der Waals surface area contributed by atoms with Gasteiger partial charge in [0, 0.05) is 17.8 Å². The Morgan fingerprint density at radius 1 is 0.846 bits per heavy atom. The maximum Gasteiger partial charge on any atom is 0.232 e. The first-order valence-electron chi connectivity index (χ1n) is 8.56. The third-order valence-electron chi connectivity index (χ3n) is 4.58. The molecule has 26 heavy (non-hydrogen) atoms. The fraction of sp³-hybridized carbons (Fsp3) is 0.0909. The van der Waals surface area contributed by atoms with Gasteiger partial charge in [-0.15, -0.1) is 0 Å². The first kappa shape index (κ1) is 16.1. The van der Waals surface area contributed by atoms with Gasteiger partial charge in [0.1, 0.15) is 0 Å². The SMILES string of the molecule is O=C(C[C@@H]1C(=O)Nc2ccccc21)Nc1ccc(-c2ccccc2)cc1. The van der Waals surface area contributed by atoms with Crippen LogP contribution in [0.4, 0.5) is 11.4 Å². The molecule has 0 radical (unpaired) electrons. The molecule has 1 atom stereocenters. The van der Waals surface area contributed by atoms with E-state index < -0.39 is 5.92 Å². The Labute approximate surface area is 151 Å². The van der Waals surface area contributed by atoms with E-state index in [-0.39, 0.29) is 18.2 Å². The molecule has 0 bridgehead atoms. The Hall–Kier alpha value is -3.40. The first-order valence-corrected chi connectivity index (χ1v) is 8.56. The average Bonchev–Trinajstić information content (AvgIpc) is 2.98. The summed E-state index contributed by atoms with van der Waals surface area (Å²) in [6.45, 7) is 0. The van der Waals surface area contributed by atoms with Gasteiger partial charge >= 0.3 is 0 Å². The molecule has 1 aliphatic rings. The van der Waals surface area contributed by atoms with Gasteiger partial charge in [0.25, 0.3) is 0 Å². The zero-order chi connectivity index (χ0) is 17.9. The Morgan fingerprint density at radius 3 is 2.27 bits per heavy atom. The fourth-order valence-electron chi connectivity index (χ4n) is 3.25. The van der Waals surface area contributed by atoms with Crippen LogP contribution in [0.5, 0.6) is 0 Å². The highest BCUT2D eigenvalue weighted by atomic mass is 16.2. The second-order valence-electron chi connectivity index (χ2n) is 6.32. The van der Waals surface area contributed by atoms with E-state index >= 15 is 0 Å². The molecule has 0 aliphatic carbocycles. The van der Waals surface area contributed by atoms with Crippen LogP contribution in [-0.4, -0.2) is 11.8 Å². The summed E-state index contributed by atoms with van der Waals surface area (Å²) in [5, 5.41) is 5.70. The number of nitrogens with one attached hydrogen (secondary N) is 2. The number of anilines is 2. The summed E-state index contributed by atoms with van der Waals surface area (Å²) in [7, 11) is 0. The molecule has 0 fully saturated rings. The lowest BCUT2D eigenvalue weighted by molar-refractivity contribution is -0.122. The highest BCUT2D eigenvalue weighted by molar-refractivity contribution is 6.06. The van der Waals surface area contributed by atoms with Crippen molar-refractivity contribution in [2.24, 2.45) is 0 Å². The number of amides is 2. The van der Waals surface area contributed by atoms with Crippen LogP contribution >= 0.6 is 0 Å². The Kier molecular flexibility index (Phi) is 4.23. The number of hydrogen-bond donors (Lipinski definition) is 2. The normalized spacial score (nSPS) is 15.2. The second-order valence-corrected chi connectivity index (χ2v) is 6.32. The van der Waals surface area contributed by atoms with Crippen molar-refractivity contribution in [2.75, 3.05) is 10.6 Å². The topological polar surface area (TPSA) is 58.2 Å². The molecule has 1 aliphatic heterocycles. The van der Waals surface area contributed by atoms with Gasteiger partial charge in [-0.2, -0.15) is 0 Å². The number of para-hydroxylation sites is 1. The summed E-state index contributed by atoms with van der Waals surface area (Å²) in [6.07, 6.45) is 0.128. The van der Waals surface area contributed by atoms with Crippen molar-refractivity contribution in [2.45, 2.75) is 12.3 Å². The molecule has 4 nitrogen and oxygen atoms in total. The number of benzene rings is 3. The van der Waals surface area contributed by atoms with Crippen molar-refractivity contribution in [3.8, 4) is 11.1 Å². The lowest BCUT2D eigenvalue weighted by Gasteiger charge is -2.10. The van der Waals surface area contributed by atoms with Crippen molar-refractivity contribution in [1.29, 1.82) is 0 Å². The number of hydrogen-bond acceptors (Lipinski definition) is 2. The average molecular weight is 342 g/mol. The largest absolute Gasteiger partial charge is 0.326 e. The molecule has 0 saturated heterocycles. The minimum absolute atomic E-state index is 0.124. The van der Waals surface area contributed by atoms with E-state index in [4.69, 9.17) is 0 Å². The number of rotatable bonds is 4. The number of fused-ring (bicyclic) bond motifs is 1. The van der Waals surface area contributed by atoms with E-state index in [1.807, 2.05) is 78.9 Å². The van der Waals surface area contributed by atoms with Crippen molar-refractivity contribution in [3.05, 3.63) is 84.4 Å². The van der Waals surface area contributed by atoms with Gasteiger partial charge < -0.3 is 10.6 Å². The summed E-state index contributed by atoms with van der Waals surface area (Å²) in [6, 6.07) is 25.3. The Bertz CT molecular complexity index is 949. The molecule has 1 heterocycles. The van der Waals surface area contributed by atoms with E-state index in [2.05, 4.69) is 10.6 Å². The molecular formula is C22H18N2O2. The van der Waals surface area contributed by atoms with Gasteiger partial charge in [0.05, 0.1) is 5.92 Å². The lowest BCUT2D eigenvalue weighted by Crippen LogP contribution is -2.20. The third kappa shape index (κ3) is 3.22. The minimum Gasteiger partial charge on any atom is -0.326 e. The summed E-state index contributed by atoms with van der Waals surface area (Å²) < 4.78 is 0. The van der Waals surface area contributed by atoms with Gasteiger partial charge in [0.2, 0.25) is 11.8 Å². The second kappa shape index (κ2) is 6.84. The molecular weight excluding hydrogens is 324 g/mol. The van der Waals surface area contributed by atoms with E-state index in [0.29, 0.717) is 0 Å². The minimum atomic E-state index is -0.435. The smallest absolute Gasteiger partial charge is 0.232 e. The monoisotopic (exact) mass is 342 g/mol. The maximum atomic E-state index is 12.4.